The van der Waals surface area contributed by atoms with Gasteiger partial charge < -0.3 is 14.1 Å². The number of aryl methyl sites for hydroxylation is 1. The summed E-state index contributed by atoms with van der Waals surface area (Å²) in [6, 6.07) is 14.6. The Hall–Kier alpha value is -3.08. The summed E-state index contributed by atoms with van der Waals surface area (Å²) in [6.45, 7) is 0. The number of fused-ring (bicyclic) bond motifs is 2. The maximum absolute atomic E-state index is 9.51. The van der Waals surface area contributed by atoms with Gasteiger partial charge in [-0.25, -0.2) is 4.98 Å². The molecule has 0 amide bonds. The summed E-state index contributed by atoms with van der Waals surface area (Å²) in [6.07, 6.45) is 0. The van der Waals surface area contributed by atoms with Crippen molar-refractivity contribution in [1.29, 1.82) is 5.41 Å². The van der Waals surface area contributed by atoms with E-state index in [2.05, 4.69) is 4.98 Å². The van der Waals surface area contributed by atoms with Crippen LogP contribution in [0.1, 0.15) is 0 Å². The molecule has 4 rings (SSSR count). The molecular weight excluding hydrogens is 278 g/mol. The standard InChI is InChI=1S/C17H13N3O2/c1-20-14-5-3-2-4-13(14)19-17(20)12-8-10-6-7-11(21)9-15(10)22-16(12)18/h2-9,18,21H,1H3. The normalized spacial score (nSPS) is 11.3. The Balaban J connectivity index is 2.03. The lowest BCUT2D eigenvalue weighted by Gasteiger charge is -2.04. The van der Waals surface area contributed by atoms with Crippen molar-refractivity contribution in [3.63, 3.8) is 0 Å². The van der Waals surface area contributed by atoms with Crippen LogP contribution in [-0.2, 0) is 7.05 Å². The zero-order valence-electron chi connectivity index (χ0n) is 11.9. The van der Waals surface area contributed by atoms with Crippen molar-refractivity contribution >= 4 is 22.0 Å². The average Bonchev–Trinajstić information content (AvgIpc) is 2.84. The van der Waals surface area contributed by atoms with Gasteiger partial charge in [0.1, 0.15) is 17.2 Å². The van der Waals surface area contributed by atoms with Crippen LogP contribution in [0.15, 0.2) is 52.9 Å². The van der Waals surface area contributed by atoms with Crippen LogP contribution in [0.3, 0.4) is 0 Å². The number of benzene rings is 2. The first-order chi connectivity index (χ1) is 10.6. The van der Waals surface area contributed by atoms with Crippen LogP contribution in [0.2, 0.25) is 0 Å². The van der Waals surface area contributed by atoms with Gasteiger partial charge in [0, 0.05) is 18.5 Å². The van der Waals surface area contributed by atoms with Crippen molar-refractivity contribution < 1.29 is 9.52 Å². The largest absolute Gasteiger partial charge is 0.508 e. The first-order valence-corrected chi connectivity index (χ1v) is 6.87. The second kappa shape index (κ2) is 4.46. The Morgan fingerprint density at radius 3 is 2.77 bits per heavy atom. The molecule has 0 saturated heterocycles. The molecule has 2 aromatic heterocycles. The second-order valence-electron chi connectivity index (χ2n) is 5.19. The van der Waals surface area contributed by atoms with E-state index in [9.17, 15) is 5.11 Å². The number of hydrogen-bond acceptors (Lipinski definition) is 4. The van der Waals surface area contributed by atoms with E-state index in [1.165, 1.54) is 6.07 Å². The number of aromatic hydroxyl groups is 1. The van der Waals surface area contributed by atoms with E-state index in [1.54, 1.807) is 12.1 Å². The van der Waals surface area contributed by atoms with E-state index in [0.717, 1.165) is 16.4 Å². The van der Waals surface area contributed by atoms with Crippen LogP contribution in [0.5, 0.6) is 5.75 Å². The SMILES string of the molecule is Cn1c(-c2cc3ccc(O)cc3oc2=N)nc2ccccc21. The first-order valence-electron chi connectivity index (χ1n) is 6.87. The molecule has 0 radical (unpaired) electrons. The maximum Gasteiger partial charge on any atom is 0.223 e. The fourth-order valence-corrected chi connectivity index (χ4v) is 2.67. The molecule has 0 aliphatic carbocycles. The topological polar surface area (TPSA) is 75.0 Å². The van der Waals surface area contributed by atoms with E-state index >= 15 is 0 Å². The number of aromatic nitrogens is 2. The van der Waals surface area contributed by atoms with Crippen LogP contribution < -0.4 is 5.55 Å². The molecule has 0 fully saturated rings. The molecule has 0 atom stereocenters. The molecule has 0 spiro atoms. The summed E-state index contributed by atoms with van der Waals surface area (Å²) in [7, 11) is 1.92. The van der Waals surface area contributed by atoms with Gasteiger partial charge in [0.15, 0.2) is 0 Å². The fraction of sp³-hybridized carbons (Fsp3) is 0.0588. The highest BCUT2D eigenvalue weighted by Crippen LogP contribution is 2.25. The van der Waals surface area contributed by atoms with Crippen LogP contribution in [0, 0.1) is 5.41 Å². The lowest BCUT2D eigenvalue weighted by atomic mass is 10.1. The molecule has 5 heteroatoms. The van der Waals surface area contributed by atoms with Crippen molar-refractivity contribution in [2.45, 2.75) is 0 Å². The van der Waals surface area contributed by atoms with E-state index in [4.69, 9.17) is 9.83 Å². The zero-order valence-corrected chi connectivity index (χ0v) is 11.9. The van der Waals surface area contributed by atoms with Crippen molar-refractivity contribution in [2.24, 2.45) is 7.05 Å². The summed E-state index contributed by atoms with van der Waals surface area (Å²) >= 11 is 0. The summed E-state index contributed by atoms with van der Waals surface area (Å²) in [5.41, 5.74) is 3.01. The Kier molecular flexibility index (Phi) is 2.56. The average molecular weight is 291 g/mol. The minimum Gasteiger partial charge on any atom is -0.508 e. The number of hydrogen-bond donors (Lipinski definition) is 2. The van der Waals surface area contributed by atoms with Gasteiger partial charge >= 0.3 is 0 Å². The van der Waals surface area contributed by atoms with Crippen LogP contribution >= 0.6 is 0 Å². The number of nitrogens with one attached hydrogen (secondary N) is 1. The van der Waals surface area contributed by atoms with Gasteiger partial charge in [0.2, 0.25) is 5.55 Å². The lowest BCUT2D eigenvalue weighted by molar-refractivity contribution is 0.472. The molecular formula is C17H13N3O2. The third-order valence-corrected chi connectivity index (χ3v) is 3.78. The smallest absolute Gasteiger partial charge is 0.223 e. The zero-order chi connectivity index (χ0) is 15.3. The minimum absolute atomic E-state index is 0.0245. The highest BCUT2D eigenvalue weighted by Gasteiger charge is 2.13. The molecule has 0 bridgehead atoms. The van der Waals surface area contributed by atoms with Crippen molar-refractivity contribution in [1.82, 2.24) is 9.55 Å². The fourth-order valence-electron chi connectivity index (χ4n) is 2.67. The number of phenolic OH excluding ortho intramolecular Hbond substituents is 1. The molecule has 108 valence electrons. The van der Waals surface area contributed by atoms with E-state index in [1.807, 2.05) is 41.9 Å². The molecule has 0 unspecified atom stereocenters. The van der Waals surface area contributed by atoms with Crippen LogP contribution in [-0.4, -0.2) is 14.7 Å². The lowest BCUT2D eigenvalue weighted by Crippen LogP contribution is -2.06. The van der Waals surface area contributed by atoms with Gasteiger partial charge in [-0.15, -0.1) is 0 Å². The van der Waals surface area contributed by atoms with Gasteiger partial charge in [-0.3, -0.25) is 5.41 Å². The van der Waals surface area contributed by atoms with E-state index < -0.39 is 0 Å². The quantitative estimate of drug-likeness (QED) is 0.565. The summed E-state index contributed by atoms with van der Waals surface area (Å²) in [5, 5.41) is 18.5. The van der Waals surface area contributed by atoms with Crippen LogP contribution in [0.4, 0.5) is 0 Å². The molecule has 0 saturated carbocycles. The Morgan fingerprint density at radius 2 is 1.95 bits per heavy atom. The van der Waals surface area contributed by atoms with Gasteiger partial charge in [-0.05, 0) is 30.3 Å². The van der Waals surface area contributed by atoms with E-state index in [0.29, 0.717) is 17.0 Å². The maximum atomic E-state index is 9.51. The summed E-state index contributed by atoms with van der Waals surface area (Å²) < 4.78 is 7.48. The Labute approximate surface area is 125 Å². The number of nitrogens with zero attached hydrogens (tertiary/aromatic N) is 2. The Bertz CT molecular complexity index is 1080. The monoisotopic (exact) mass is 291 g/mol. The van der Waals surface area contributed by atoms with Crippen LogP contribution in [0.25, 0.3) is 33.4 Å². The highest BCUT2D eigenvalue weighted by atomic mass is 16.3. The third-order valence-electron chi connectivity index (χ3n) is 3.78. The predicted octanol–water partition coefficient (Wildman–Crippen LogP) is 3.17. The van der Waals surface area contributed by atoms with Gasteiger partial charge in [0.05, 0.1) is 16.6 Å². The molecule has 2 heterocycles. The van der Waals surface area contributed by atoms with Gasteiger partial charge in [-0.1, -0.05) is 12.1 Å². The van der Waals surface area contributed by atoms with Crippen molar-refractivity contribution in [3.05, 3.63) is 54.1 Å². The molecule has 22 heavy (non-hydrogen) atoms. The number of imidazole rings is 1. The molecule has 5 nitrogen and oxygen atoms in total. The minimum atomic E-state index is 0.0245. The molecule has 2 N–H and O–H groups in total. The predicted molar refractivity (Wildman–Crippen MR) is 83.4 cm³/mol. The first kappa shape index (κ1) is 12.6. The number of rotatable bonds is 1. The van der Waals surface area contributed by atoms with Gasteiger partial charge in [-0.2, -0.15) is 0 Å². The van der Waals surface area contributed by atoms with Crippen molar-refractivity contribution in [3.8, 4) is 17.1 Å². The number of phenols is 1. The van der Waals surface area contributed by atoms with Gasteiger partial charge in [0.25, 0.3) is 0 Å². The Morgan fingerprint density at radius 1 is 1.14 bits per heavy atom. The third kappa shape index (κ3) is 1.79. The van der Waals surface area contributed by atoms with Crippen molar-refractivity contribution in [2.75, 3.05) is 0 Å². The second-order valence-corrected chi connectivity index (χ2v) is 5.19. The highest BCUT2D eigenvalue weighted by molar-refractivity contribution is 5.84. The summed E-state index contributed by atoms with van der Waals surface area (Å²) in [4.78, 5) is 4.60. The summed E-state index contributed by atoms with van der Waals surface area (Å²) in [5.74, 6) is 0.802. The molecule has 2 aromatic carbocycles. The molecule has 4 aromatic rings. The molecule has 0 aliphatic rings. The van der Waals surface area contributed by atoms with E-state index in [-0.39, 0.29) is 11.3 Å². The molecule has 0 aliphatic heterocycles. The number of para-hydroxylation sites is 2.